The van der Waals surface area contributed by atoms with Crippen LogP contribution >= 0.6 is 23.2 Å². The van der Waals surface area contributed by atoms with E-state index in [1.807, 2.05) is 0 Å². The summed E-state index contributed by atoms with van der Waals surface area (Å²) in [7, 11) is 0. The maximum atomic E-state index is 12.1. The predicted octanol–water partition coefficient (Wildman–Crippen LogP) is 4.07. The van der Waals surface area contributed by atoms with Gasteiger partial charge < -0.3 is 9.47 Å². The van der Waals surface area contributed by atoms with E-state index in [-0.39, 0.29) is 38.5 Å². The molecule has 1 aliphatic rings. The van der Waals surface area contributed by atoms with Crippen molar-refractivity contribution in [2.24, 2.45) is 5.10 Å². The molecule has 0 fully saturated rings. The standard InChI is InChI=1S/C18H13Cl2N3O6/c1-9(24)22-18(14-7-12(19)8-15(20)16(14)28-10(2)25)29-17(21-22)11-4-3-5-13(6-11)23(26)27/h3-8,18H,1-2H3. The number of esters is 1. The van der Waals surface area contributed by atoms with E-state index in [2.05, 4.69) is 5.10 Å². The van der Waals surface area contributed by atoms with Crippen LogP contribution in [0.5, 0.6) is 5.75 Å². The first-order valence-electron chi connectivity index (χ1n) is 8.14. The molecular formula is C18H13Cl2N3O6. The van der Waals surface area contributed by atoms with Gasteiger partial charge >= 0.3 is 5.97 Å². The summed E-state index contributed by atoms with van der Waals surface area (Å²) in [6.45, 7) is 2.45. The van der Waals surface area contributed by atoms with Gasteiger partial charge in [0.2, 0.25) is 18.0 Å². The van der Waals surface area contributed by atoms with Gasteiger partial charge in [0.15, 0.2) is 5.75 Å². The zero-order chi connectivity index (χ0) is 21.3. The van der Waals surface area contributed by atoms with Crippen LogP contribution in [0, 0.1) is 10.1 Å². The van der Waals surface area contributed by atoms with Crippen molar-refractivity contribution in [1.29, 1.82) is 0 Å². The van der Waals surface area contributed by atoms with Crippen molar-refractivity contribution >= 4 is 46.7 Å². The second-order valence-electron chi connectivity index (χ2n) is 5.95. The van der Waals surface area contributed by atoms with E-state index in [4.69, 9.17) is 32.7 Å². The number of hydrogen-bond acceptors (Lipinski definition) is 7. The number of rotatable bonds is 4. The summed E-state index contributed by atoms with van der Waals surface area (Å²) in [4.78, 5) is 34.1. The van der Waals surface area contributed by atoms with Crippen LogP contribution in [-0.4, -0.2) is 27.7 Å². The summed E-state index contributed by atoms with van der Waals surface area (Å²) in [5.41, 5.74) is 0.310. The Balaban J connectivity index is 2.06. The molecule has 0 saturated carbocycles. The van der Waals surface area contributed by atoms with Gasteiger partial charge in [-0.2, -0.15) is 5.01 Å². The molecule has 1 atom stereocenters. The van der Waals surface area contributed by atoms with Crippen LogP contribution in [0.1, 0.15) is 31.2 Å². The summed E-state index contributed by atoms with van der Waals surface area (Å²) in [6.07, 6.45) is -1.15. The molecule has 0 saturated heterocycles. The van der Waals surface area contributed by atoms with Crippen molar-refractivity contribution in [3.8, 4) is 5.75 Å². The van der Waals surface area contributed by atoms with E-state index in [1.165, 1.54) is 44.2 Å². The minimum absolute atomic E-state index is 0.0289. The number of nitro groups is 1. The van der Waals surface area contributed by atoms with Crippen LogP contribution < -0.4 is 4.74 Å². The largest absolute Gasteiger partial charge is 0.446 e. The van der Waals surface area contributed by atoms with E-state index in [0.29, 0.717) is 0 Å². The lowest BCUT2D eigenvalue weighted by atomic mass is 10.1. The Bertz CT molecular complexity index is 1060. The first-order chi connectivity index (χ1) is 13.7. The summed E-state index contributed by atoms with van der Waals surface area (Å²) in [5, 5.41) is 16.4. The minimum Gasteiger partial charge on any atom is -0.446 e. The number of non-ortho nitro benzene ring substituents is 1. The third kappa shape index (κ3) is 4.30. The third-order valence-corrected chi connectivity index (χ3v) is 4.32. The average molecular weight is 438 g/mol. The molecule has 0 bridgehead atoms. The monoisotopic (exact) mass is 437 g/mol. The van der Waals surface area contributed by atoms with Crippen LogP contribution in [-0.2, 0) is 14.3 Å². The van der Waals surface area contributed by atoms with E-state index in [0.717, 1.165) is 5.01 Å². The number of hydrazone groups is 1. The molecule has 0 spiro atoms. The fraction of sp³-hybridized carbons (Fsp3) is 0.167. The number of carbonyl (C=O) groups excluding carboxylic acids is 2. The highest BCUT2D eigenvalue weighted by Crippen LogP contribution is 2.41. The van der Waals surface area contributed by atoms with E-state index in [9.17, 15) is 19.7 Å². The molecule has 11 heteroatoms. The number of ether oxygens (including phenoxy) is 2. The third-order valence-electron chi connectivity index (χ3n) is 3.82. The summed E-state index contributed by atoms with van der Waals surface area (Å²) < 4.78 is 11.0. The van der Waals surface area contributed by atoms with Gasteiger partial charge in [-0.1, -0.05) is 29.3 Å². The van der Waals surface area contributed by atoms with Gasteiger partial charge in [-0.15, -0.1) is 5.10 Å². The number of carbonyl (C=O) groups is 2. The molecule has 2 aromatic rings. The molecule has 0 aliphatic carbocycles. The Morgan fingerprint density at radius 1 is 1.24 bits per heavy atom. The molecule has 1 amide bonds. The lowest BCUT2D eigenvalue weighted by Gasteiger charge is -2.22. The van der Waals surface area contributed by atoms with Crippen molar-refractivity contribution in [2.75, 3.05) is 0 Å². The van der Waals surface area contributed by atoms with Crippen molar-refractivity contribution < 1.29 is 24.0 Å². The zero-order valence-corrected chi connectivity index (χ0v) is 16.6. The number of nitro benzene ring substituents is 1. The number of hydrogen-bond donors (Lipinski definition) is 0. The Labute approximate surface area is 174 Å². The Hall–Kier alpha value is -3.17. The second kappa shape index (κ2) is 8.06. The highest BCUT2D eigenvalue weighted by Gasteiger charge is 2.36. The van der Waals surface area contributed by atoms with Gasteiger partial charge in [0.25, 0.3) is 5.69 Å². The van der Waals surface area contributed by atoms with Crippen LogP contribution in [0.15, 0.2) is 41.5 Å². The smallest absolute Gasteiger partial charge is 0.308 e. The number of halogens is 2. The van der Waals surface area contributed by atoms with Crippen LogP contribution in [0.3, 0.4) is 0 Å². The van der Waals surface area contributed by atoms with Crippen molar-refractivity contribution in [2.45, 2.75) is 20.1 Å². The quantitative estimate of drug-likeness (QED) is 0.308. The van der Waals surface area contributed by atoms with Gasteiger partial charge in [-0.05, 0) is 18.2 Å². The van der Waals surface area contributed by atoms with Gasteiger partial charge in [-0.25, -0.2) is 0 Å². The molecule has 0 radical (unpaired) electrons. The summed E-state index contributed by atoms with van der Waals surface area (Å²) in [6, 6.07) is 8.39. The fourth-order valence-corrected chi connectivity index (χ4v) is 3.20. The summed E-state index contributed by atoms with van der Waals surface area (Å²) in [5.74, 6) is -1.18. The van der Waals surface area contributed by atoms with Crippen LogP contribution in [0.25, 0.3) is 0 Å². The molecule has 3 rings (SSSR count). The molecule has 1 aliphatic heterocycles. The highest BCUT2D eigenvalue weighted by molar-refractivity contribution is 6.35. The van der Waals surface area contributed by atoms with E-state index < -0.39 is 23.0 Å². The zero-order valence-electron chi connectivity index (χ0n) is 15.1. The fourth-order valence-electron chi connectivity index (χ4n) is 2.65. The molecular weight excluding hydrogens is 425 g/mol. The maximum Gasteiger partial charge on any atom is 0.308 e. The van der Waals surface area contributed by atoms with Gasteiger partial charge in [-0.3, -0.25) is 19.7 Å². The van der Waals surface area contributed by atoms with Crippen molar-refractivity contribution in [1.82, 2.24) is 5.01 Å². The molecule has 29 heavy (non-hydrogen) atoms. The predicted molar refractivity (Wildman–Crippen MR) is 104 cm³/mol. The van der Waals surface area contributed by atoms with E-state index in [1.54, 1.807) is 6.07 Å². The highest BCUT2D eigenvalue weighted by atomic mass is 35.5. The Morgan fingerprint density at radius 3 is 2.59 bits per heavy atom. The van der Waals surface area contributed by atoms with Crippen LogP contribution in [0.2, 0.25) is 10.0 Å². The molecule has 150 valence electrons. The molecule has 9 nitrogen and oxygen atoms in total. The first-order valence-corrected chi connectivity index (χ1v) is 8.90. The minimum atomic E-state index is -1.15. The van der Waals surface area contributed by atoms with Gasteiger partial charge in [0, 0.05) is 36.6 Å². The SMILES string of the molecule is CC(=O)Oc1c(Cl)cc(Cl)cc1C1OC(c2cccc([N+](=O)[O-])c2)=NN1C(C)=O. The van der Waals surface area contributed by atoms with Crippen LogP contribution in [0.4, 0.5) is 5.69 Å². The Kier molecular flexibility index (Phi) is 5.71. The molecule has 0 aromatic heterocycles. The average Bonchev–Trinajstić information content (AvgIpc) is 3.09. The number of amides is 1. The normalized spacial score (nSPS) is 15.5. The van der Waals surface area contributed by atoms with Crippen molar-refractivity contribution in [3.05, 3.63) is 67.7 Å². The molecule has 1 unspecified atom stereocenters. The lowest BCUT2D eigenvalue weighted by Crippen LogP contribution is -2.26. The molecule has 2 aromatic carbocycles. The summed E-state index contributed by atoms with van der Waals surface area (Å²) >= 11 is 12.2. The molecule has 1 heterocycles. The lowest BCUT2D eigenvalue weighted by molar-refractivity contribution is -0.384. The molecule has 0 N–H and O–H groups in total. The first kappa shape index (κ1) is 20.6. The number of benzene rings is 2. The van der Waals surface area contributed by atoms with E-state index >= 15 is 0 Å². The second-order valence-corrected chi connectivity index (χ2v) is 6.79. The number of nitrogens with zero attached hydrogens (tertiary/aromatic N) is 3. The topological polar surface area (TPSA) is 111 Å². The maximum absolute atomic E-state index is 12.1. The van der Waals surface area contributed by atoms with Gasteiger partial charge in [0.1, 0.15) is 0 Å². The van der Waals surface area contributed by atoms with Gasteiger partial charge in [0.05, 0.1) is 15.5 Å². The Morgan fingerprint density at radius 2 is 1.97 bits per heavy atom. The van der Waals surface area contributed by atoms with Crippen molar-refractivity contribution in [3.63, 3.8) is 0 Å².